The second-order valence-corrected chi connectivity index (χ2v) is 9.87. The first-order chi connectivity index (χ1) is 15.5. The molecule has 5 rings (SSSR count). The van der Waals surface area contributed by atoms with Crippen LogP contribution in [0.15, 0.2) is 72.3 Å². The van der Waals surface area contributed by atoms with Gasteiger partial charge >= 0.3 is 0 Å². The number of nitrogens with zero attached hydrogens (tertiary/aromatic N) is 2. The Morgan fingerprint density at radius 1 is 1.03 bits per heavy atom. The van der Waals surface area contributed by atoms with Crippen molar-refractivity contribution in [2.45, 2.75) is 13.0 Å². The van der Waals surface area contributed by atoms with E-state index in [0.717, 1.165) is 41.1 Å². The summed E-state index contributed by atoms with van der Waals surface area (Å²) in [5.41, 5.74) is 5.12. The number of methoxy groups -OCH3 is 1. The van der Waals surface area contributed by atoms with Gasteiger partial charge < -0.3 is 10.1 Å². The van der Waals surface area contributed by atoms with Gasteiger partial charge in [-0.3, -0.25) is 9.36 Å². The summed E-state index contributed by atoms with van der Waals surface area (Å²) in [4.78, 5) is 18.6. The minimum Gasteiger partial charge on any atom is -0.495 e. The van der Waals surface area contributed by atoms with Crippen LogP contribution in [0.25, 0.3) is 16.7 Å². The highest BCUT2D eigenvalue weighted by molar-refractivity contribution is 14.1. The summed E-state index contributed by atoms with van der Waals surface area (Å²) in [5.74, 6) is 1.58. The maximum absolute atomic E-state index is 13.8. The highest BCUT2D eigenvalue weighted by atomic mass is 127. The maximum atomic E-state index is 13.8. The number of anilines is 1. The number of ether oxygens (including phenoxy) is 1. The van der Waals surface area contributed by atoms with Crippen molar-refractivity contribution in [3.05, 3.63) is 90.6 Å². The predicted octanol–water partition coefficient (Wildman–Crippen LogP) is 6.53. The third-order valence-electron chi connectivity index (χ3n) is 5.69. The number of ketones is 1. The van der Waals surface area contributed by atoms with Crippen molar-refractivity contribution in [3.8, 4) is 5.75 Å². The van der Waals surface area contributed by atoms with Gasteiger partial charge in [0.05, 0.1) is 31.3 Å². The van der Waals surface area contributed by atoms with Crippen LogP contribution in [0, 0.1) is 7.14 Å². The van der Waals surface area contributed by atoms with Gasteiger partial charge in [-0.15, -0.1) is 0 Å². The highest BCUT2D eigenvalue weighted by Gasteiger charge is 2.33. The second-order valence-electron chi connectivity index (χ2n) is 7.55. The lowest BCUT2D eigenvalue weighted by molar-refractivity contribution is 0.102. The number of carbonyl (C=O) groups excluding carboxylic acids is 1. The van der Waals surface area contributed by atoms with E-state index >= 15 is 0 Å². The topological polar surface area (TPSA) is 56.1 Å². The van der Waals surface area contributed by atoms with E-state index in [-0.39, 0.29) is 11.8 Å². The number of rotatable bonds is 4. The highest BCUT2D eigenvalue weighted by Crippen LogP contribution is 2.41. The van der Waals surface area contributed by atoms with Crippen LogP contribution in [0.4, 0.5) is 5.95 Å². The van der Waals surface area contributed by atoms with Crippen molar-refractivity contribution in [2.75, 3.05) is 12.4 Å². The van der Waals surface area contributed by atoms with Crippen LogP contribution in [0.5, 0.6) is 5.75 Å². The Morgan fingerprint density at radius 2 is 1.69 bits per heavy atom. The minimum absolute atomic E-state index is 0.00451. The molecule has 3 aromatic carbocycles. The molecule has 1 N–H and O–H groups in total. The van der Waals surface area contributed by atoms with Gasteiger partial charge in [-0.25, -0.2) is 4.98 Å². The van der Waals surface area contributed by atoms with Crippen molar-refractivity contribution in [1.82, 2.24) is 9.55 Å². The number of hydrogen-bond donors (Lipinski definition) is 1. The lowest BCUT2D eigenvalue weighted by Crippen LogP contribution is -2.27. The molecule has 2 heterocycles. The van der Waals surface area contributed by atoms with Crippen LogP contribution < -0.4 is 10.1 Å². The number of hydrogen-bond acceptors (Lipinski definition) is 4. The standard InChI is InChI=1S/C25H19I2N3O2/c1-14-21(23(31)15-8-4-3-5-9-15)22(16-12-17(26)24(32-2)18(27)13-16)29-25-28-19-10-6-7-11-20(19)30(14)25/h3-13,22H,1-2H3,(H,28,29)/t22-/m0/s1. The first-order valence-electron chi connectivity index (χ1n) is 10.1. The van der Waals surface area contributed by atoms with E-state index in [4.69, 9.17) is 9.72 Å². The fourth-order valence-corrected chi connectivity index (χ4v) is 6.48. The summed E-state index contributed by atoms with van der Waals surface area (Å²) >= 11 is 4.56. The quantitative estimate of drug-likeness (QED) is 0.202. The Morgan fingerprint density at radius 3 is 2.38 bits per heavy atom. The first kappa shape index (κ1) is 21.4. The fourth-order valence-electron chi connectivity index (χ4n) is 4.22. The Bertz CT molecular complexity index is 1370. The molecule has 1 aliphatic rings. The number of Topliss-reactive ketones (excluding diaryl/α,β-unsaturated/α-hetero) is 1. The monoisotopic (exact) mass is 647 g/mol. The molecule has 0 saturated carbocycles. The zero-order valence-corrected chi connectivity index (χ0v) is 21.7. The molecule has 0 unspecified atom stereocenters. The molecule has 1 aromatic heterocycles. The first-order valence-corrected chi connectivity index (χ1v) is 12.2. The van der Waals surface area contributed by atoms with Gasteiger partial charge in [0.1, 0.15) is 5.75 Å². The van der Waals surface area contributed by atoms with Gasteiger partial charge in [0.2, 0.25) is 5.95 Å². The van der Waals surface area contributed by atoms with E-state index in [1.165, 1.54) is 0 Å². The third kappa shape index (κ3) is 3.51. The van der Waals surface area contributed by atoms with Gasteiger partial charge in [0.15, 0.2) is 5.78 Å². The smallest absolute Gasteiger partial charge is 0.209 e. The zero-order valence-electron chi connectivity index (χ0n) is 17.4. The molecular weight excluding hydrogens is 628 g/mol. The fraction of sp³-hybridized carbons (Fsp3) is 0.120. The van der Waals surface area contributed by atoms with Crippen molar-refractivity contribution in [1.29, 1.82) is 0 Å². The number of carbonyl (C=O) groups is 1. The molecule has 0 amide bonds. The van der Waals surface area contributed by atoms with E-state index in [0.29, 0.717) is 11.1 Å². The Balaban J connectivity index is 1.75. The molecule has 0 fully saturated rings. The lowest BCUT2D eigenvalue weighted by Gasteiger charge is -2.30. The molecule has 160 valence electrons. The number of para-hydroxylation sites is 2. The lowest BCUT2D eigenvalue weighted by atomic mass is 9.89. The number of allylic oxidation sites excluding steroid dienone is 1. The van der Waals surface area contributed by atoms with Crippen LogP contribution in [-0.2, 0) is 0 Å². The van der Waals surface area contributed by atoms with Crippen LogP contribution in [-0.4, -0.2) is 22.4 Å². The SMILES string of the molecule is COc1c(I)cc([C@@H]2Nc3nc4ccccc4n3C(C)=C2C(=O)c2ccccc2)cc1I. The zero-order chi connectivity index (χ0) is 22.4. The number of halogens is 2. The molecule has 0 spiro atoms. The molecule has 5 nitrogen and oxygen atoms in total. The Kier molecular flexibility index (Phi) is 5.70. The third-order valence-corrected chi connectivity index (χ3v) is 7.29. The number of fused-ring (bicyclic) bond motifs is 3. The molecule has 7 heteroatoms. The minimum atomic E-state index is -0.333. The van der Waals surface area contributed by atoms with E-state index in [1.54, 1.807) is 7.11 Å². The largest absolute Gasteiger partial charge is 0.495 e. The molecule has 0 saturated heterocycles. The Hall–Kier alpha value is -2.40. The van der Waals surface area contributed by atoms with Crippen LogP contribution in [0.1, 0.15) is 28.9 Å². The summed E-state index contributed by atoms with van der Waals surface area (Å²) in [7, 11) is 1.68. The number of benzene rings is 3. The van der Waals surface area contributed by atoms with Crippen molar-refractivity contribution >= 4 is 73.6 Å². The van der Waals surface area contributed by atoms with Gasteiger partial charge in [-0.1, -0.05) is 42.5 Å². The Labute approximate surface area is 213 Å². The number of aromatic nitrogens is 2. The summed E-state index contributed by atoms with van der Waals surface area (Å²) in [6.07, 6.45) is 0. The summed E-state index contributed by atoms with van der Waals surface area (Å²) in [6.45, 7) is 2.00. The van der Waals surface area contributed by atoms with Crippen LogP contribution in [0.2, 0.25) is 0 Å². The number of nitrogens with one attached hydrogen (secondary N) is 1. The van der Waals surface area contributed by atoms with E-state index in [1.807, 2.05) is 66.1 Å². The molecule has 0 bridgehead atoms. The summed E-state index contributed by atoms with van der Waals surface area (Å²) < 4.78 is 9.59. The van der Waals surface area contributed by atoms with Gasteiger partial charge in [-0.05, 0) is 81.9 Å². The van der Waals surface area contributed by atoms with Gasteiger partial charge in [0.25, 0.3) is 0 Å². The average molecular weight is 647 g/mol. The van der Waals surface area contributed by atoms with Gasteiger partial charge in [-0.2, -0.15) is 0 Å². The molecule has 32 heavy (non-hydrogen) atoms. The van der Waals surface area contributed by atoms with E-state index < -0.39 is 0 Å². The van der Waals surface area contributed by atoms with Crippen molar-refractivity contribution in [2.24, 2.45) is 0 Å². The molecular formula is C25H19I2N3O2. The normalized spacial score (nSPS) is 15.4. The van der Waals surface area contributed by atoms with Crippen molar-refractivity contribution in [3.63, 3.8) is 0 Å². The molecule has 1 atom stereocenters. The second kappa shape index (κ2) is 8.51. The molecule has 1 aliphatic heterocycles. The van der Waals surface area contributed by atoms with E-state index in [9.17, 15) is 4.79 Å². The molecule has 0 aliphatic carbocycles. The van der Waals surface area contributed by atoms with E-state index in [2.05, 4.69) is 62.6 Å². The molecule has 4 aromatic rings. The molecule has 0 radical (unpaired) electrons. The summed E-state index contributed by atoms with van der Waals surface area (Å²) in [5, 5.41) is 3.55. The van der Waals surface area contributed by atoms with Crippen LogP contribution >= 0.6 is 45.2 Å². The maximum Gasteiger partial charge on any atom is 0.209 e. The van der Waals surface area contributed by atoms with Crippen molar-refractivity contribution < 1.29 is 9.53 Å². The van der Waals surface area contributed by atoms with Gasteiger partial charge in [0, 0.05) is 16.8 Å². The van der Waals surface area contributed by atoms with Crippen LogP contribution in [0.3, 0.4) is 0 Å². The number of imidazole rings is 1. The average Bonchev–Trinajstić information content (AvgIpc) is 3.17. The summed E-state index contributed by atoms with van der Waals surface area (Å²) in [6, 6.07) is 21.2. The predicted molar refractivity (Wildman–Crippen MR) is 144 cm³/mol.